The van der Waals surface area contributed by atoms with Crippen molar-refractivity contribution >= 4 is 11.9 Å². The molecule has 1 rings (SSSR count). The maximum Gasteiger partial charge on any atom is 0.320 e. The van der Waals surface area contributed by atoms with Crippen LogP contribution in [0.1, 0.15) is 15.9 Å². The van der Waals surface area contributed by atoms with Crippen LogP contribution in [0, 0.1) is 0 Å². The van der Waals surface area contributed by atoms with E-state index in [1.807, 2.05) is 0 Å². The summed E-state index contributed by atoms with van der Waals surface area (Å²) in [4.78, 5) is 22.0. The van der Waals surface area contributed by atoms with Crippen LogP contribution in [-0.2, 0) is 16.1 Å². The van der Waals surface area contributed by atoms with E-state index in [1.54, 1.807) is 31.3 Å². The van der Waals surface area contributed by atoms with Crippen molar-refractivity contribution in [3.63, 3.8) is 0 Å². The number of hydrogen-bond acceptors (Lipinski definition) is 4. The van der Waals surface area contributed by atoms with E-state index in [0.717, 1.165) is 5.56 Å². The van der Waals surface area contributed by atoms with Crippen molar-refractivity contribution < 1.29 is 14.3 Å². The van der Waals surface area contributed by atoms with Crippen molar-refractivity contribution in [2.24, 2.45) is 5.73 Å². The standard InChI is InChI=1S/C11H14N2O3/c1-13-11(15)9-4-2-8(3-5-9)7-16-10(14)6-12/h2-5H,6-7,12H2,1H3,(H,13,15). The molecular formula is C11H14N2O3. The van der Waals surface area contributed by atoms with Crippen LogP contribution in [-0.4, -0.2) is 25.5 Å². The van der Waals surface area contributed by atoms with Crippen LogP contribution in [0.5, 0.6) is 0 Å². The summed E-state index contributed by atoms with van der Waals surface area (Å²) in [5, 5.41) is 2.52. The van der Waals surface area contributed by atoms with E-state index in [-0.39, 0.29) is 19.1 Å². The molecule has 0 spiro atoms. The van der Waals surface area contributed by atoms with Gasteiger partial charge in [0.1, 0.15) is 6.61 Å². The topological polar surface area (TPSA) is 81.4 Å². The van der Waals surface area contributed by atoms with E-state index >= 15 is 0 Å². The van der Waals surface area contributed by atoms with Crippen molar-refractivity contribution in [3.8, 4) is 0 Å². The second-order valence-corrected chi connectivity index (χ2v) is 3.14. The lowest BCUT2D eigenvalue weighted by Gasteiger charge is -2.04. The predicted octanol–water partition coefficient (Wildman–Crippen LogP) is 0.0481. The molecular weight excluding hydrogens is 208 g/mol. The van der Waals surface area contributed by atoms with E-state index in [0.29, 0.717) is 5.56 Å². The van der Waals surface area contributed by atoms with Gasteiger partial charge in [-0.1, -0.05) is 12.1 Å². The Hall–Kier alpha value is -1.88. The molecule has 0 fully saturated rings. The Morgan fingerprint density at radius 1 is 1.31 bits per heavy atom. The number of amides is 1. The van der Waals surface area contributed by atoms with Crippen LogP contribution < -0.4 is 11.1 Å². The number of esters is 1. The maximum absolute atomic E-state index is 11.2. The summed E-state index contributed by atoms with van der Waals surface area (Å²) in [5.41, 5.74) is 6.47. The summed E-state index contributed by atoms with van der Waals surface area (Å²) in [5.74, 6) is -0.596. The summed E-state index contributed by atoms with van der Waals surface area (Å²) in [7, 11) is 1.57. The van der Waals surface area contributed by atoms with E-state index < -0.39 is 5.97 Å². The lowest BCUT2D eigenvalue weighted by molar-refractivity contribution is -0.143. The van der Waals surface area contributed by atoms with Gasteiger partial charge < -0.3 is 15.8 Å². The number of ether oxygens (including phenoxy) is 1. The van der Waals surface area contributed by atoms with Crippen LogP contribution in [0.3, 0.4) is 0 Å². The van der Waals surface area contributed by atoms with Gasteiger partial charge in [-0.05, 0) is 17.7 Å². The van der Waals surface area contributed by atoms with Crippen molar-refractivity contribution in [1.29, 1.82) is 0 Å². The highest BCUT2D eigenvalue weighted by Gasteiger charge is 2.03. The molecule has 0 aromatic heterocycles. The number of hydrogen-bond donors (Lipinski definition) is 2. The molecule has 0 saturated carbocycles. The Labute approximate surface area is 93.6 Å². The van der Waals surface area contributed by atoms with E-state index in [1.165, 1.54) is 0 Å². The molecule has 3 N–H and O–H groups in total. The normalized spacial score (nSPS) is 9.62. The highest BCUT2D eigenvalue weighted by Crippen LogP contribution is 2.05. The number of benzene rings is 1. The molecule has 0 atom stereocenters. The molecule has 0 heterocycles. The second-order valence-electron chi connectivity index (χ2n) is 3.14. The van der Waals surface area contributed by atoms with Gasteiger partial charge in [0.2, 0.25) is 0 Å². The summed E-state index contributed by atoms with van der Waals surface area (Å²) in [6.45, 7) is 0.0420. The van der Waals surface area contributed by atoms with Crippen LogP contribution in [0.4, 0.5) is 0 Å². The van der Waals surface area contributed by atoms with Gasteiger partial charge in [-0.15, -0.1) is 0 Å². The third-order valence-electron chi connectivity index (χ3n) is 2.01. The van der Waals surface area contributed by atoms with Gasteiger partial charge in [0, 0.05) is 12.6 Å². The molecule has 16 heavy (non-hydrogen) atoms. The number of nitrogens with one attached hydrogen (secondary N) is 1. The lowest BCUT2D eigenvalue weighted by atomic mass is 10.1. The van der Waals surface area contributed by atoms with Gasteiger partial charge in [-0.25, -0.2) is 0 Å². The van der Waals surface area contributed by atoms with Crippen molar-refractivity contribution in [2.45, 2.75) is 6.61 Å². The summed E-state index contributed by atoms with van der Waals surface area (Å²) in [6.07, 6.45) is 0. The van der Waals surface area contributed by atoms with Crippen molar-refractivity contribution in [3.05, 3.63) is 35.4 Å². The Morgan fingerprint density at radius 3 is 2.44 bits per heavy atom. The van der Waals surface area contributed by atoms with Crippen LogP contribution in [0.15, 0.2) is 24.3 Å². The molecule has 0 aliphatic rings. The highest BCUT2D eigenvalue weighted by atomic mass is 16.5. The fourth-order valence-corrected chi connectivity index (χ4v) is 1.12. The molecule has 5 heteroatoms. The smallest absolute Gasteiger partial charge is 0.320 e. The first-order valence-corrected chi connectivity index (χ1v) is 4.84. The first-order valence-electron chi connectivity index (χ1n) is 4.84. The Balaban J connectivity index is 2.58. The molecule has 0 radical (unpaired) electrons. The SMILES string of the molecule is CNC(=O)c1ccc(COC(=O)CN)cc1. The van der Waals surface area contributed by atoms with E-state index in [2.05, 4.69) is 5.32 Å². The van der Waals surface area contributed by atoms with E-state index in [9.17, 15) is 9.59 Å². The zero-order valence-electron chi connectivity index (χ0n) is 9.03. The average molecular weight is 222 g/mol. The minimum Gasteiger partial charge on any atom is -0.460 e. The fraction of sp³-hybridized carbons (Fsp3) is 0.273. The zero-order chi connectivity index (χ0) is 12.0. The monoisotopic (exact) mass is 222 g/mol. The van der Waals surface area contributed by atoms with Gasteiger partial charge >= 0.3 is 5.97 Å². The minimum absolute atomic E-state index is 0.129. The average Bonchev–Trinajstić information content (AvgIpc) is 2.35. The molecule has 0 saturated heterocycles. The first kappa shape index (κ1) is 12.2. The molecule has 86 valence electrons. The molecule has 1 amide bonds. The summed E-state index contributed by atoms with van der Waals surface area (Å²) >= 11 is 0. The number of rotatable bonds is 4. The first-order chi connectivity index (χ1) is 7.67. The Bertz CT molecular complexity index is 373. The second kappa shape index (κ2) is 5.87. The molecule has 0 bridgehead atoms. The highest BCUT2D eigenvalue weighted by molar-refractivity contribution is 5.93. The van der Waals surface area contributed by atoms with Crippen molar-refractivity contribution in [1.82, 2.24) is 5.32 Å². The number of nitrogens with two attached hydrogens (primary N) is 1. The van der Waals surface area contributed by atoms with Gasteiger partial charge in [0.15, 0.2) is 0 Å². The molecule has 5 nitrogen and oxygen atoms in total. The third kappa shape index (κ3) is 3.36. The lowest BCUT2D eigenvalue weighted by Crippen LogP contribution is -2.18. The van der Waals surface area contributed by atoms with Crippen LogP contribution >= 0.6 is 0 Å². The molecule has 0 aliphatic heterocycles. The zero-order valence-corrected chi connectivity index (χ0v) is 9.03. The van der Waals surface area contributed by atoms with E-state index in [4.69, 9.17) is 10.5 Å². The molecule has 1 aromatic carbocycles. The van der Waals surface area contributed by atoms with Crippen LogP contribution in [0.2, 0.25) is 0 Å². The van der Waals surface area contributed by atoms with Gasteiger partial charge in [0.25, 0.3) is 5.91 Å². The number of carbonyl (C=O) groups excluding carboxylic acids is 2. The van der Waals surface area contributed by atoms with Gasteiger partial charge in [-0.3, -0.25) is 9.59 Å². The molecule has 1 aromatic rings. The quantitative estimate of drug-likeness (QED) is 0.705. The molecule has 0 unspecified atom stereocenters. The Kier molecular flexibility index (Phi) is 4.47. The molecule has 0 aliphatic carbocycles. The van der Waals surface area contributed by atoms with Gasteiger partial charge in [-0.2, -0.15) is 0 Å². The van der Waals surface area contributed by atoms with Crippen molar-refractivity contribution in [2.75, 3.05) is 13.6 Å². The maximum atomic E-state index is 11.2. The van der Waals surface area contributed by atoms with Gasteiger partial charge in [0.05, 0.1) is 6.54 Å². The summed E-state index contributed by atoms with van der Waals surface area (Å²) in [6, 6.07) is 6.80. The van der Waals surface area contributed by atoms with Crippen LogP contribution in [0.25, 0.3) is 0 Å². The summed E-state index contributed by atoms with van der Waals surface area (Å²) < 4.78 is 4.84. The largest absolute Gasteiger partial charge is 0.460 e. The third-order valence-corrected chi connectivity index (χ3v) is 2.01. The fourth-order valence-electron chi connectivity index (χ4n) is 1.12. The Morgan fingerprint density at radius 2 is 1.94 bits per heavy atom. The predicted molar refractivity (Wildman–Crippen MR) is 58.7 cm³/mol. The number of carbonyl (C=O) groups is 2. The minimum atomic E-state index is -0.449.